The summed E-state index contributed by atoms with van der Waals surface area (Å²) < 4.78 is 0. The molecule has 3 aromatic rings. The van der Waals surface area contributed by atoms with Crippen LogP contribution < -0.4 is 11.3 Å². The van der Waals surface area contributed by atoms with Gasteiger partial charge in [0.05, 0.1) is 11.2 Å². The number of benzene rings is 2. The first-order chi connectivity index (χ1) is 9.68. The molecule has 2 aromatic carbocycles. The van der Waals surface area contributed by atoms with Gasteiger partial charge < -0.3 is 10.7 Å². The van der Waals surface area contributed by atoms with Crippen LogP contribution in [-0.4, -0.2) is 10.8 Å². The van der Waals surface area contributed by atoms with Crippen molar-refractivity contribution < 1.29 is 4.79 Å². The minimum absolute atomic E-state index is 0.00472. The summed E-state index contributed by atoms with van der Waals surface area (Å²) in [6.07, 6.45) is 0. The first kappa shape index (κ1) is 12.2. The Bertz CT molecular complexity index is 851. The summed E-state index contributed by atoms with van der Waals surface area (Å²) in [6.45, 7) is 0. The van der Waals surface area contributed by atoms with E-state index >= 15 is 0 Å². The lowest BCUT2D eigenvalue weighted by molar-refractivity contribution is 0.103. The number of nitrogens with two attached hydrogens (primary N) is 1. The normalized spacial score (nSPS) is 10.6. The molecule has 98 valence electrons. The molecule has 0 fully saturated rings. The van der Waals surface area contributed by atoms with Gasteiger partial charge in [-0.05, 0) is 6.07 Å². The number of hydrogen-bond acceptors (Lipinski definition) is 3. The average molecular weight is 264 g/mol. The smallest absolute Gasteiger partial charge is 0.261 e. The summed E-state index contributed by atoms with van der Waals surface area (Å²) in [5.41, 5.74) is 6.84. The van der Waals surface area contributed by atoms with Crippen LogP contribution in [0, 0.1) is 0 Å². The lowest BCUT2D eigenvalue weighted by atomic mass is 10.0. The van der Waals surface area contributed by atoms with Crippen LogP contribution in [0.25, 0.3) is 10.9 Å². The molecule has 0 aliphatic rings. The summed E-state index contributed by atoms with van der Waals surface area (Å²) in [4.78, 5) is 27.2. The predicted octanol–water partition coefficient (Wildman–Crippen LogP) is 2.34. The van der Waals surface area contributed by atoms with Gasteiger partial charge >= 0.3 is 0 Å². The Balaban J connectivity index is 2.27. The van der Waals surface area contributed by atoms with Crippen molar-refractivity contribution in [1.82, 2.24) is 4.98 Å². The van der Waals surface area contributed by atoms with Crippen molar-refractivity contribution in [2.24, 2.45) is 0 Å². The first-order valence-electron chi connectivity index (χ1n) is 6.18. The molecule has 1 aromatic heterocycles. The number of carbonyl (C=O) groups excluding carboxylic acids is 1. The molecule has 0 radical (unpaired) electrons. The van der Waals surface area contributed by atoms with Crippen molar-refractivity contribution >= 4 is 22.4 Å². The number of carbonyl (C=O) groups is 1. The highest BCUT2D eigenvalue weighted by Gasteiger charge is 2.18. The summed E-state index contributed by atoms with van der Waals surface area (Å²) in [5.74, 6) is -0.366. The highest BCUT2D eigenvalue weighted by Crippen LogP contribution is 2.22. The third-order valence-electron chi connectivity index (χ3n) is 3.22. The van der Waals surface area contributed by atoms with E-state index in [4.69, 9.17) is 5.73 Å². The van der Waals surface area contributed by atoms with Gasteiger partial charge in [-0.15, -0.1) is 0 Å². The van der Waals surface area contributed by atoms with Gasteiger partial charge in [-0.2, -0.15) is 0 Å². The first-order valence-corrected chi connectivity index (χ1v) is 6.18. The topological polar surface area (TPSA) is 76.0 Å². The van der Waals surface area contributed by atoms with Crippen LogP contribution in [0.5, 0.6) is 0 Å². The second-order valence-corrected chi connectivity index (χ2v) is 4.48. The number of H-pyrrole nitrogens is 1. The van der Waals surface area contributed by atoms with Crippen LogP contribution in [0.15, 0.2) is 59.4 Å². The molecule has 3 rings (SSSR count). The molecule has 0 saturated heterocycles. The molecule has 3 N–H and O–H groups in total. The zero-order valence-electron chi connectivity index (χ0n) is 10.6. The molecule has 0 amide bonds. The number of para-hydroxylation sites is 1. The molecule has 0 saturated carbocycles. The molecule has 0 bridgehead atoms. The third kappa shape index (κ3) is 1.87. The van der Waals surface area contributed by atoms with E-state index in [9.17, 15) is 9.59 Å². The van der Waals surface area contributed by atoms with Gasteiger partial charge in [0.25, 0.3) is 5.56 Å². The summed E-state index contributed by atoms with van der Waals surface area (Å²) in [6, 6.07) is 15.8. The van der Waals surface area contributed by atoms with Crippen molar-refractivity contribution in [3.05, 3.63) is 76.1 Å². The Labute approximate surface area is 114 Å². The zero-order chi connectivity index (χ0) is 14.1. The minimum atomic E-state index is -0.463. The molecule has 0 spiro atoms. The van der Waals surface area contributed by atoms with Crippen LogP contribution in [0.4, 0.5) is 5.69 Å². The SMILES string of the molecule is Nc1c(C(=O)c2ccccc2)c(=O)[nH]c2ccccc12. The number of pyridine rings is 1. The molecule has 1 heterocycles. The fourth-order valence-electron chi connectivity index (χ4n) is 2.23. The van der Waals surface area contributed by atoms with Gasteiger partial charge in [-0.25, -0.2) is 0 Å². The summed E-state index contributed by atoms with van der Waals surface area (Å²) in [7, 11) is 0. The molecule has 0 atom stereocenters. The van der Waals surface area contributed by atoms with E-state index < -0.39 is 5.56 Å². The van der Waals surface area contributed by atoms with Gasteiger partial charge in [-0.1, -0.05) is 48.5 Å². The van der Waals surface area contributed by atoms with Gasteiger partial charge in [0.2, 0.25) is 5.78 Å². The van der Waals surface area contributed by atoms with Gasteiger partial charge in [0, 0.05) is 10.9 Å². The van der Waals surface area contributed by atoms with Crippen LogP contribution in [-0.2, 0) is 0 Å². The van der Waals surface area contributed by atoms with Gasteiger partial charge in [0.1, 0.15) is 5.56 Å². The Morgan fingerprint density at radius 2 is 1.60 bits per heavy atom. The van der Waals surface area contributed by atoms with Crippen LogP contribution in [0.1, 0.15) is 15.9 Å². The number of anilines is 1. The largest absolute Gasteiger partial charge is 0.397 e. The number of aromatic nitrogens is 1. The Morgan fingerprint density at radius 1 is 0.950 bits per heavy atom. The van der Waals surface area contributed by atoms with Gasteiger partial charge in [0.15, 0.2) is 0 Å². The number of ketones is 1. The standard InChI is InChI=1S/C16H12N2O2/c17-14-11-8-4-5-9-12(11)18-16(20)13(14)15(19)10-6-2-1-3-7-10/h1-9H,(H3,17,18,20). The lowest BCUT2D eigenvalue weighted by Gasteiger charge is -2.07. The van der Waals surface area contributed by atoms with Crippen molar-refractivity contribution in [2.45, 2.75) is 0 Å². The number of fused-ring (bicyclic) bond motifs is 1. The molecular formula is C16H12N2O2. The van der Waals surface area contributed by atoms with Crippen molar-refractivity contribution in [3.63, 3.8) is 0 Å². The van der Waals surface area contributed by atoms with E-state index in [2.05, 4.69) is 4.98 Å². The Kier molecular flexibility index (Phi) is 2.84. The maximum absolute atomic E-state index is 12.4. The number of rotatable bonds is 2. The van der Waals surface area contributed by atoms with Crippen molar-refractivity contribution in [3.8, 4) is 0 Å². The number of nitrogens with one attached hydrogen (secondary N) is 1. The average Bonchev–Trinajstić information content (AvgIpc) is 2.48. The second-order valence-electron chi connectivity index (χ2n) is 4.48. The Hall–Kier alpha value is -2.88. The highest BCUT2D eigenvalue weighted by atomic mass is 16.1. The molecule has 0 unspecified atom stereocenters. The summed E-state index contributed by atoms with van der Waals surface area (Å²) >= 11 is 0. The monoisotopic (exact) mass is 264 g/mol. The lowest BCUT2D eigenvalue weighted by Crippen LogP contribution is -2.21. The van der Waals surface area contributed by atoms with Crippen LogP contribution >= 0.6 is 0 Å². The Morgan fingerprint density at radius 3 is 2.35 bits per heavy atom. The van der Waals surface area contributed by atoms with Gasteiger partial charge in [-0.3, -0.25) is 9.59 Å². The highest BCUT2D eigenvalue weighted by molar-refractivity contribution is 6.15. The van der Waals surface area contributed by atoms with Crippen molar-refractivity contribution in [1.29, 1.82) is 0 Å². The number of nitrogen functional groups attached to an aromatic ring is 1. The van der Waals surface area contributed by atoms with E-state index in [0.29, 0.717) is 16.5 Å². The van der Waals surface area contributed by atoms with Crippen LogP contribution in [0.3, 0.4) is 0 Å². The van der Waals surface area contributed by atoms with E-state index in [1.165, 1.54) is 0 Å². The fraction of sp³-hybridized carbons (Fsp3) is 0. The van der Waals surface area contributed by atoms with E-state index in [1.807, 2.05) is 12.1 Å². The van der Waals surface area contributed by atoms with E-state index in [1.54, 1.807) is 42.5 Å². The number of hydrogen-bond donors (Lipinski definition) is 2. The fourth-order valence-corrected chi connectivity index (χ4v) is 2.23. The maximum Gasteiger partial charge on any atom is 0.261 e. The minimum Gasteiger partial charge on any atom is -0.397 e. The van der Waals surface area contributed by atoms with E-state index in [0.717, 1.165) is 0 Å². The molecule has 20 heavy (non-hydrogen) atoms. The molecule has 4 heteroatoms. The predicted molar refractivity (Wildman–Crippen MR) is 78.9 cm³/mol. The number of aromatic amines is 1. The van der Waals surface area contributed by atoms with E-state index in [-0.39, 0.29) is 17.0 Å². The molecule has 0 aliphatic carbocycles. The second kappa shape index (κ2) is 4.66. The quantitative estimate of drug-likeness (QED) is 0.697. The zero-order valence-corrected chi connectivity index (χ0v) is 10.6. The summed E-state index contributed by atoms with van der Waals surface area (Å²) in [5, 5.41) is 0.673. The molecule has 0 aliphatic heterocycles. The molecule has 4 nitrogen and oxygen atoms in total. The maximum atomic E-state index is 12.4. The molecular weight excluding hydrogens is 252 g/mol. The van der Waals surface area contributed by atoms with Crippen molar-refractivity contribution in [2.75, 3.05) is 5.73 Å². The van der Waals surface area contributed by atoms with Crippen LogP contribution in [0.2, 0.25) is 0 Å². The third-order valence-corrected chi connectivity index (χ3v) is 3.22.